The lowest BCUT2D eigenvalue weighted by Gasteiger charge is -2.44. The van der Waals surface area contributed by atoms with E-state index in [0.717, 1.165) is 56.5 Å². The fraction of sp³-hybridized carbons (Fsp3) is 0.483. The van der Waals surface area contributed by atoms with Gasteiger partial charge in [-0.25, -0.2) is 0 Å². The number of hydrogen-bond donors (Lipinski definition) is 4. The van der Waals surface area contributed by atoms with Crippen LogP contribution in [0.2, 0.25) is 0 Å². The van der Waals surface area contributed by atoms with Crippen molar-refractivity contribution in [3.63, 3.8) is 0 Å². The number of nitrogens with one attached hydrogen (secondary N) is 3. The van der Waals surface area contributed by atoms with Crippen molar-refractivity contribution in [1.82, 2.24) is 10.2 Å². The average Bonchev–Trinajstić information content (AvgIpc) is 3.20. The molecule has 2 aromatic rings. The molecule has 0 saturated heterocycles. The Morgan fingerprint density at radius 1 is 1.21 bits per heavy atom. The van der Waals surface area contributed by atoms with Crippen molar-refractivity contribution in [2.24, 2.45) is 0 Å². The molecule has 7 nitrogen and oxygen atoms in total. The number of benzene rings is 2. The van der Waals surface area contributed by atoms with E-state index in [1.807, 2.05) is 13.0 Å². The molecule has 1 aliphatic heterocycles. The van der Waals surface area contributed by atoms with E-state index in [2.05, 4.69) is 5.32 Å². The molecule has 208 valence electrons. The van der Waals surface area contributed by atoms with Crippen molar-refractivity contribution in [1.29, 1.82) is 10.8 Å². The first-order valence-corrected chi connectivity index (χ1v) is 13.3. The molecular formula is C29H34F3N5O2. The Labute approximate surface area is 226 Å². The summed E-state index contributed by atoms with van der Waals surface area (Å²) in [5.74, 6) is -0.237. The quantitative estimate of drug-likeness (QED) is 0.267. The molecule has 2 saturated carbocycles. The minimum Gasteiger partial charge on any atom is -0.394 e. The average molecular weight is 542 g/mol. The third-order valence-corrected chi connectivity index (χ3v) is 8.85. The Bertz CT molecular complexity index is 1320. The van der Waals surface area contributed by atoms with E-state index in [9.17, 15) is 23.1 Å². The second-order valence-corrected chi connectivity index (χ2v) is 11.4. The highest BCUT2D eigenvalue weighted by Crippen LogP contribution is 2.47. The van der Waals surface area contributed by atoms with Crippen LogP contribution in [0, 0.1) is 10.8 Å². The zero-order valence-corrected chi connectivity index (χ0v) is 22.2. The van der Waals surface area contributed by atoms with Gasteiger partial charge in [0.15, 0.2) is 0 Å². The summed E-state index contributed by atoms with van der Waals surface area (Å²) in [7, 11) is 1.65. The minimum absolute atomic E-state index is 0.00104. The van der Waals surface area contributed by atoms with Crippen LogP contribution < -0.4 is 10.2 Å². The van der Waals surface area contributed by atoms with Gasteiger partial charge < -0.3 is 20.2 Å². The van der Waals surface area contributed by atoms with Gasteiger partial charge in [-0.05, 0) is 80.0 Å². The molecule has 2 fully saturated rings. The highest BCUT2D eigenvalue weighted by molar-refractivity contribution is 6.10. The first-order valence-electron chi connectivity index (χ1n) is 13.3. The summed E-state index contributed by atoms with van der Waals surface area (Å²) in [5.41, 5.74) is -0.245. The zero-order valence-electron chi connectivity index (χ0n) is 22.2. The van der Waals surface area contributed by atoms with Crippen LogP contribution in [0.4, 0.5) is 18.9 Å². The van der Waals surface area contributed by atoms with Gasteiger partial charge in [0.05, 0.1) is 36.5 Å². The molecule has 5 rings (SSSR count). The molecule has 1 unspecified atom stereocenters. The normalized spacial score (nSPS) is 20.1. The molecule has 0 radical (unpaired) electrons. The number of fused-ring (bicyclic) bond motifs is 1. The second kappa shape index (κ2) is 9.75. The molecule has 2 aliphatic carbocycles. The van der Waals surface area contributed by atoms with Gasteiger partial charge in [0, 0.05) is 23.8 Å². The van der Waals surface area contributed by atoms with Crippen LogP contribution in [-0.4, -0.2) is 47.3 Å². The SMILES string of the molecule is CN(C=N)C(=N)C1(c2cccc(N3Cc4c(cc(C(CO)NC5(C)CCC5)cc4C(F)(F)F)C3=O)c2)CCC1. The highest BCUT2D eigenvalue weighted by atomic mass is 19.4. The monoisotopic (exact) mass is 541 g/mol. The predicted molar refractivity (Wildman–Crippen MR) is 143 cm³/mol. The summed E-state index contributed by atoms with van der Waals surface area (Å²) in [6, 6.07) is 8.98. The maximum absolute atomic E-state index is 14.3. The molecule has 1 atom stereocenters. The van der Waals surface area contributed by atoms with Crippen molar-refractivity contribution in [3.05, 3.63) is 64.2 Å². The zero-order chi connectivity index (χ0) is 28.2. The largest absolute Gasteiger partial charge is 0.416 e. The van der Waals surface area contributed by atoms with Gasteiger partial charge in [-0.1, -0.05) is 18.6 Å². The van der Waals surface area contributed by atoms with E-state index < -0.39 is 29.1 Å². The van der Waals surface area contributed by atoms with Crippen molar-refractivity contribution < 1.29 is 23.1 Å². The van der Waals surface area contributed by atoms with Crippen LogP contribution in [0.3, 0.4) is 0 Å². The summed E-state index contributed by atoms with van der Waals surface area (Å²) >= 11 is 0. The Morgan fingerprint density at radius 2 is 1.90 bits per heavy atom. The molecular weight excluding hydrogens is 507 g/mol. The molecule has 10 heteroatoms. The van der Waals surface area contributed by atoms with Crippen LogP contribution in [0.25, 0.3) is 0 Å². The maximum atomic E-state index is 14.3. The van der Waals surface area contributed by atoms with Gasteiger partial charge in [0.1, 0.15) is 5.84 Å². The van der Waals surface area contributed by atoms with E-state index in [0.29, 0.717) is 5.69 Å². The Balaban J connectivity index is 1.51. The van der Waals surface area contributed by atoms with Crippen LogP contribution in [0.5, 0.6) is 0 Å². The van der Waals surface area contributed by atoms with E-state index in [4.69, 9.17) is 10.8 Å². The smallest absolute Gasteiger partial charge is 0.394 e. The van der Waals surface area contributed by atoms with Crippen molar-refractivity contribution in [2.75, 3.05) is 18.6 Å². The van der Waals surface area contributed by atoms with E-state index in [1.54, 1.807) is 25.2 Å². The summed E-state index contributed by atoms with van der Waals surface area (Å²) < 4.78 is 42.8. The lowest BCUT2D eigenvalue weighted by atomic mass is 9.63. The molecule has 4 N–H and O–H groups in total. The summed E-state index contributed by atoms with van der Waals surface area (Å²) in [5, 5.41) is 29.6. The van der Waals surface area contributed by atoms with Gasteiger partial charge in [-0.3, -0.25) is 15.6 Å². The van der Waals surface area contributed by atoms with Gasteiger partial charge in [0.25, 0.3) is 5.91 Å². The van der Waals surface area contributed by atoms with Gasteiger partial charge in [-0.2, -0.15) is 13.2 Å². The molecule has 1 heterocycles. The van der Waals surface area contributed by atoms with Gasteiger partial charge in [-0.15, -0.1) is 0 Å². The summed E-state index contributed by atoms with van der Waals surface area (Å²) in [6.45, 7) is 1.39. The fourth-order valence-electron chi connectivity index (χ4n) is 6.17. The standard InChI is InChI=1S/C29H34F3N5O2/c1-27(8-4-9-27)35-24(16-38)18-12-21-22(23(13-18)29(30,31)32)15-37(25(21)39)20-7-3-6-19(14-20)28(10-5-11-28)26(34)36(2)17-33/h3,6-7,12-14,17,24,33-35,38H,4-5,8-11,15-16H2,1-2H3. The molecule has 2 aromatic carbocycles. The molecule has 0 spiro atoms. The molecule has 0 bridgehead atoms. The summed E-state index contributed by atoms with van der Waals surface area (Å²) in [6.07, 6.45) is 1.55. The Morgan fingerprint density at radius 3 is 2.44 bits per heavy atom. The first kappa shape index (κ1) is 27.3. The number of hydrogen-bond acceptors (Lipinski definition) is 5. The molecule has 0 aromatic heterocycles. The van der Waals surface area contributed by atoms with E-state index in [1.165, 1.54) is 15.9 Å². The van der Waals surface area contributed by atoms with E-state index >= 15 is 0 Å². The number of rotatable bonds is 8. The number of carbonyl (C=O) groups is 1. The minimum atomic E-state index is -4.67. The number of nitrogens with zero attached hydrogens (tertiary/aromatic N) is 2. The van der Waals surface area contributed by atoms with Crippen LogP contribution >= 0.6 is 0 Å². The number of halogens is 3. The first-order chi connectivity index (χ1) is 18.4. The number of alkyl halides is 3. The third-order valence-electron chi connectivity index (χ3n) is 8.85. The third kappa shape index (κ3) is 4.63. The van der Waals surface area contributed by atoms with Crippen LogP contribution in [-0.2, 0) is 18.1 Å². The predicted octanol–water partition coefficient (Wildman–Crippen LogP) is 5.37. The number of aliphatic hydroxyl groups is 1. The summed E-state index contributed by atoms with van der Waals surface area (Å²) in [4.78, 5) is 16.4. The number of likely N-dealkylation sites (N-methyl/N-ethyl adjacent to an activating group) is 1. The topological polar surface area (TPSA) is 104 Å². The number of carbonyl (C=O) groups excluding carboxylic acids is 1. The van der Waals surface area contributed by atoms with Crippen LogP contribution in [0.15, 0.2) is 36.4 Å². The number of amides is 1. The van der Waals surface area contributed by atoms with Crippen molar-refractivity contribution in [3.8, 4) is 0 Å². The number of aliphatic hydroxyl groups excluding tert-OH is 1. The second-order valence-electron chi connectivity index (χ2n) is 11.4. The number of amidine groups is 1. The molecule has 3 aliphatic rings. The number of anilines is 1. The Kier molecular flexibility index (Phi) is 6.83. The fourth-order valence-corrected chi connectivity index (χ4v) is 6.17. The van der Waals surface area contributed by atoms with E-state index in [-0.39, 0.29) is 41.2 Å². The lowest BCUT2D eigenvalue weighted by Crippen LogP contribution is -2.50. The van der Waals surface area contributed by atoms with Crippen molar-refractivity contribution >= 4 is 23.8 Å². The highest BCUT2D eigenvalue weighted by Gasteiger charge is 2.45. The maximum Gasteiger partial charge on any atom is 0.416 e. The van der Waals surface area contributed by atoms with Crippen LogP contribution in [0.1, 0.15) is 84.1 Å². The lowest BCUT2D eigenvalue weighted by molar-refractivity contribution is -0.138. The van der Waals surface area contributed by atoms with Crippen molar-refractivity contribution in [2.45, 2.75) is 75.2 Å². The molecule has 39 heavy (non-hydrogen) atoms. The Hall–Kier alpha value is -3.24. The molecule has 1 amide bonds. The van der Waals surface area contributed by atoms with Gasteiger partial charge in [0.2, 0.25) is 0 Å². The van der Waals surface area contributed by atoms with Gasteiger partial charge >= 0.3 is 6.18 Å².